The minimum absolute atomic E-state index is 0.0523. The third-order valence-electron chi connectivity index (χ3n) is 7.00. The van der Waals surface area contributed by atoms with E-state index >= 15 is 0 Å². The highest BCUT2D eigenvalue weighted by molar-refractivity contribution is 7.80. The van der Waals surface area contributed by atoms with Crippen LogP contribution in [0.5, 0.6) is 0 Å². The van der Waals surface area contributed by atoms with E-state index in [4.69, 9.17) is 12.2 Å². The molecule has 2 heterocycles. The first-order valence-electron chi connectivity index (χ1n) is 11.1. The predicted octanol–water partition coefficient (Wildman–Crippen LogP) is 4.84. The summed E-state index contributed by atoms with van der Waals surface area (Å²) in [7, 11) is 0. The van der Waals surface area contributed by atoms with Gasteiger partial charge in [-0.3, -0.25) is 4.79 Å². The molecule has 30 heavy (non-hydrogen) atoms. The Kier molecular flexibility index (Phi) is 6.01. The number of carbonyl (C=O) groups is 1. The molecule has 4 nitrogen and oxygen atoms in total. The maximum atomic E-state index is 13.1. The Bertz CT molecular complexity index is 875. The molecule has 0 aromatic heterocycles. The summed E-state index contributed by atoms with van der Waals surface area (Å²) in [4.78, 5) is 17.5. The number of benzene rings is 1. The number of aryl methyl sites for hydroxylation is 2. The smallest absolute Gasteiger partial charge is 0.233 e. The maximum absolute atomic E-state index is 13.1. The molecule has 1 atom stereocenters. The molecule has 1 amide bonds. The van der Waals surface area contributed by atoms with Crippen LogP contribution < -0.4 is 5.32 Å². The first kappa shape index (κ1) is 21.1. The van der Waals surface area contributed by atoms with Crippen molar-refractivity contribution in [1.82, 2.24) is 9.80 Å². The number of anilines is 1. The molecule has 0 saturated carbocycles. The standard InChI is InChI=1S/C25H33N3OS/c1-18-14-19(2)16-21(15-18)26-24(30)27-11-8-25(9-12-27)10-13-28(17-25)23(29)22-7-5-4-6-20(22)3/h5-7,14-16,22H,4,8-13,17H2,1-3H3,(H,26,30). The van der Waals surface area contributed by atoms with Crippen molar-refractivity contribution in [3.8, 4) is 0 Å². The van der Waals surface area contributed by atoms with E-state index in [9.17, 15) is 4.79 Å². The van der Waals surface area contributed by atoms with Crippen molar-refractivity contribution in [2.45, 2.75) is 46.5 Å². The second-order valence-electron chi connectivity index (χ2n) is 9.39. The third-order valence-corrected chi connectivity index (χ3v) is 7.36. The molecule has 1 spiro atoms. The number of nitrogens with one attached hydrogen (secondary N) is 1. The summed E-state index contributed by atoms with van der Waals surface area (Å²) in [6.07, 6.45) is 10.6. The van der Waals surface area contributed by atoms with Crippen molar-refractivity contribution in [3.05, 3.63) is 53.1 Å². The summed E-state index contributed by atoms with van der Waals surface area (Å²) in [5.74, 6) is 0.231. The van der Waals surface area contributed by atoms with Crippen LogP contribution in [0.15, 0.2) is 42.0 Å². The molecule has 1 aromatic carbocycles. The van der Waals surface area contributed by atoms with Crippen LogP contribution in [0.25, 0.3) is 0 Å². The number of amides is 1. The lowest BCUT2D eigenvalue weighted by Crippen LogP contribution is -2.46. The number of rotatable bonds is 2. The minimum atomic E-state index is -0.0523. The average molecular weight is 424 g/mol. The van der Waals surface area contributed by atoms with E-state index in [2.05, 4.69) is 72.3 Å². The van der Waals surface area contributed by atoms with Gasteiger partial charge in [-0.25, -0.2) is 0 Å². The van der Waals surface area contributed by atoms with Crippen molar-refractivity contribution in [2.24, 2.45) is 11.3 Å². The van der Waals surface area contributed by atoms with Gasteiger partial charge in [0.1, 0.15) is 0 Å². The highest BCUT2D eigenvalue weighted by atomic mass is 32.1. The van der Waals surface area contributed by atoms with Crippen LogP contribution in [0.4, 0.5) is 5.69 Å². The molecule has 0 radical (unpaired) electrons. The molecular weight excluding hydrogens is 390 g/mol. The summed E-state index contributed by atoms with van der Waals surface area (Å²) >= 11 is 5.71. The van der Waals surface area contributed by atoms with Gasteiger partial charge in [-0.05, 0) is 87.3 Å². The van der Waals surface area contributed by atoms with Crippen LogP contribution in [0.3, 0.4) is 0 Å². The lowest BCUT2D eigenvalue weighted by Gasteiger charge is -2.40. The zero-order valence-corrected chi connectivity index (χ0v) is 19.2. The lowest BCUT2D eigenvalue weighted by molar-refractivity contribution is -0.132. The molecule has 2 fully saturated rings. The fourth-order valence-electron chi connectivity index (χ4n) is 5.19. The molecule has 1 aromatic rings. The SMILES string of the molecule is CC1=CCC=CC1C(=O)N1CCC2(CCN(C(=S)Nc3cc(C)cc(C)c3)CC2)C1. The van der Waals surface area contributed by atoms with Gasteiger partial charge in [0.05, 0.1) is 5.92 Å². The lowest BCUT2D eigenvalue weighted by atomic mass is 9.78. The molecule has 3 aliphatic rings. The van der Waals surface area contributed by atoms with Crippen molar-refractivity contribution >= 4 is 28.9 Å². The normalized spacial score (nSPS) is 22.9. The third kappa shape index (κ3) is 4.46. The topological polar surface area (TPSA) is 35.6 Å². The highest BCUT2D eigenvalue weighted by Crippen LogP contribution is 2.41. The summed E-state index contributed by atoms with van der Waals surface area (Å²) in [6, 6.07) is 6.45. The second-order valence-corrected chi connectivity index (χ2v) is 9.78. The molecule has 2 saturated heterocycles. The van der Waals surface area contributed by atoms with Crippen LogP contribution in [0, 0.1) is 25.2 Å². The Morgan fingerprint density at radius 2 is 1.67 bits per heavy atom. The van der Waals surface area contributed by atoms with Gasteiger partial charge < -0.3 is 15.1 Å². The molecule has 1 unspecified atom stereocenters. The van der Waals surface area contributed by atoms with E-state index < -0.39 is 0 Å². The van der Waals surface area contributed by atoms with Gasteiger partial charge in [0.2, 0.25) is 5.91 Å². The first-order chi connectivity index (χ1) is 14.3. The van der Waals surface area contributed by atoms with E-state index in [1.54, 1.807) is 0 Å². The van der Waals surface area contributed by atoms with E-state index in [0.717, 1.165) is 62.7 Å². The predicted molar refractivity (Wildman–Crippen MR) is 128 cm³/mol. The van der Waals surface area contributed by atoms with Crippen molar-refractivity contribution in [3.63, 3.8) is 0 Å². The quantitative estimate of drug-likeness (QED) is 0.546. The Morgan fingerprint density at radius 1 is 1.03 bits per heavy atom. The van der Waals surface area contributed by atoms with Gasteiger partial charge in [-0.2, -0.15) is 0 Å². The first-order valence-corrected chi connectivity index (χ1v) is 11.5. The number of piperidine rings is 1. The molecular formula is C25H33N3OS. The van der Waals surface area contributed by atoms with Crippen molar-refractivity contribution in [1.29, 1.82) is 0 Å². The van der Waals surface area contributed by atoms with Crippen LogP contribution >= 0.6 is 12.2 Å². The van der Waals surface area contributed by atoms with E-state index in [1.165, 1.54) is 16.7 Å². The molecule has 4 rings (SSSR count). The number of hydrogen-bond donors (Lipinski definition) is 1. The molecule has 160 valence electrons. The maximum Gasteiger partial charge on any atom is 0.233 e. The van der Waals surface area contributed by atoms with Gasteiger partial charge in [-0.15, -0.1) is 0 Å². The van der Waals surface area contributed by atoms with Gasteiger partial charge in [0.15, 0.2) is 5.11 Å². The van der Waals surface area contributed by atoms with Crippen LogP contribution in [0.2, 0.25) is 0 Å². The molecule has 5 heteroatoms. The second kappa shape index (κ2) is 8.54. The van der Waals surface area contributed by atoms with E-state index in [0.29, 0.717) is 0 Å². The molecule has 0 bridgehead atoms. The van der Waals surface area contributed by atoms with Crippen molar-refractivity contribution in [2.75, 3.05) is 31.5 Å². The zero-order valence-electron chi connectivity index (χ0n) is 18.4. The molecule has 2 aliphatic heterocycles. The number of likely N-dealkylation sites (tertiary alicyclic amines) is 2. The summed E-state index contributed by atoms with van der Waals surface area (Å²) in [5.41, 5.74) is 5.01. The Labute approximate surface area is 186 Å². The highest BCUT2D eigenvalue weighted by Gasteiger charge is 2.43. The monoisotopic (exact) mass is 423 g/mol. The number of nitrogens with zero attached hydrogens (tertiary/aromatic N) is 2. The number of thiocarbonyl (C=S) groups is 1. The summed E-state index contributed by atoms with van der Waals surface area (Å²) < 4.78 is 0. The fourth-order valence-corrected chi connectivity index (χ4v) is 5.49. The number of carbonyl (C=O) groups excluding carboxylic acids is 1. The van der Waals surface area contributed by atoms with Crippen LogP contribution in [0.1, 0.15) is 43.7 Å². The number of allylic oxidation sites excluding steroid dienone is 2. The average Bonchev–Trinajstić information content (AvgIpc) is 3.11. The Hall–Kier alpha value is -2.14. The largest absolute Gasteiger partial charge is 0.349 e. The Balaban J connectivity index is 1.32. The molecule has 1 aliphatic carbocycles. The molecule has 1 N–H and O–H groups in total. The Morgan fingerprint density at radius 3 is 2.30 bits per heavy atom. The van der Waals surface area contributed by atoms with E-state index in [1.807, 2.05) is 0 Å². The summed E-state index contributed by atoms with van der Waals surface area (Å²) in [5, 5.41) is 4.24. The van der Waals surface area contributed by atoms with Crippen LogP contribution in [-0.4, -0.2) is 47.0 Å². The summed E-state index contributed by atoms with van der Waals surface area (Å²) in [6.45, 7) is 10.0. The van der Waals surface area contributed by atoms with E-state index in [-0.39, 0.29) is 17.2 Å². The fraction of sp³-hybridized carbons (Fsp3) is 0.520. The van der Waals surface area contributed by atoms with Gasteiger partial charge in [0.25, 0.3) is 0 Å². The van der Waals surface area contributed by atoms with Gasteiger partial charge in [-0.1, -0.05) is 29.9 Å². The zero-order chi connectivity index (χ0) is 21.3. The van der Waals surface area contributed by atoms with Crippen LogP contribution in [-0.2, 0) is 4.79 Å². The van der Waals surface area contributed by atoms with Gasteiger partial charge >= 0.3 is 0 Å². The van der Waals surface area contributed by atoms with Gasteiger partial charge in [0, 0.05) is 31.9 Å². The minimum Gasteiger partial charge on any atom is -0.349 e. The van der Waals surface area contributed by atoms with Crippen molar-refractivity contribution < 1.29 is 4.79 Å². The number of hydrogen-bond acceptors (Lipinski definition) is 2.